The fourth-order valence-corrected chi connectivity index (χ4v) is 2.78. The van der Waals surface area contributed by atoms with Crippen LogP contribution in [0.25, 0.3) is 22.5 Å². The van der Waals surface area contributed by atoms with Crippen LogP contribution >= 0.6 is 34.8 Å². The second kappa shape index (κ2) is 5.64. The normalized spacial score (nSPS) is 10.9. The first-order valence-electron chi connectivity index (χ1n) is 6.03. The van der Waals surface area contributed by atoms with Crippen molar-refractivity contribution in [2.75, 3.05) is 0 Å². The molecule has 0 N–H and O–H groups in total. The van der Waals surface area contributed by atoms with Crippen molar-refractivity contribution in [2.24, 2.45) is 7.05 Å². The summed E-state index contributed by atoms with van der Waals surface area (Å²) in [6.07, 6.45) is 3.44. The Bertz CT molecular complexity index is 790. The van der Waals surface area contributed by atoms with Gasteiger partial charge in [-0.15, -0.1) is 0 Å². The molecule has 0 unspecified atom stereocenters. The molecule has 0 bridgehead atoms. The van der Waals surface area contributed by atoms with Crippen molar-refractivity contribution in [3.63, 3.8) is 0 Å². The van der Waals surface area contributed by atoms with Gasteiger partial charge < -0.3 is 0 Å². The number of aryl methyl sites for hydroxylation is 1. The molecule has 4 nitrogen and oxygen atoms in total. The summed E-state index contributed by atoms with van der Waals surface area (Å²) < 4.78 is 1.66. The van der Waals surface area contributed by atoms with Gasteiger partial charge >= 0.3 is 0 Å². The van der Waals surface area contributed by atoms with Gasteiger partial charge in [-0.3, -0.25) is 4.68 Å². The average molecular weight is 340 g/mol. The van der Waals surface area contributed by atoms with Crippen LogP contribution in [0.3, 0.4) is 0 Å². The Hall–Kier alpha value is -1.62. The van der Waals surface area contributed by atoms with Gasteiger partial charge in [0.1, 0.15) is 10.3 Å². The molecule has 0 aliphatic carbocycles. The van der Waals surface area contributed by atoms with E-state index >= 15 is 0 Å². The molecule has 3 rings (SSSR count). The number of nitrogens with zero attached hydrogens (tertiary/aromatic N) is 4. The zero-order valence-corrected chi connectivity index (χ0v) is 13.2. The van der Waals surface area contributed by atoms with Gasteiger partial charge in [-0.05, 0) is 6.07 Å². The lowest BCUT2D eigenvalue weighted by atomic mass is 10.1. The van der Waals surface area contributed by atoms with Gasteiger partial charge in [-0.1, -0.05) is 53.0 Å². The maximum Gasteiger partial charge on any atom is 0.165 e. The van der Waals surface area contributed by atoms with E-state index in [0.29, 0.717) is 22.0 Å². The van der Waals surface area contributed by atoms with E-state index in [0.717, 1.165) is 5.56 Å². The molecule has 0 aliphatic heterocycles. The van der Waals surface area contributed by atoms with Gasteiger partial charge in [0, 0.05) is 23.8 Å². The summed E-state index contributed by atoms with van der Waals surface area (Å²) in [5.41, 5.74) is 1.97. The number of halogens is 3. The summed E-state index contributed by atoms with van der Waals surface area (Å²) in [4.78, 5) is 8.59. The third-order valence-corrected chi connectivity index (χ3v) is 3.80. The second-order valence-electron chi connectivity index (χ2n) is 4.39. The van der Waals surface area contributed by atoms with Crippen molar-refractivity contribution in [3.8, 4) is 22.5 Å². The van der Waals surface area contributed by atoms with Gasteiger partial charge in [0.15, 0.2) is 5.82 Å². The first-order valence-corrected chi connectivity index (χ1v) is 7.16. The Kier molecular flexibility index (Phi) is 3.85. The third kappa shape index (κ3) is 2.75. The molecule has 3 aromatic rings. The largest absolute Gasteiger partial charge is 0.275 e. The van der Waals surface area contributed by atoms with Crippen LogP contribution < -0.4 is 0 Å². The highest BCUT2D eigenvalue weighted by Gasteiger charge is 2.17. The highest BCUT2D eigenvalue weighted by molar-refractivity contribution is 6.40. The SMILES string of the molecule is Cn1cc(-c2nc(Cl)c(-c3ccccc3Cl)c(Cl)n2)cn1. The molecule has 0 fully saturated rings. The Balaban J connectivity index is 2.15. The summed E-state index contributed by atoms with van der Waals surface area (Å²) in [7, 11) is 1.81. The van der Waals surface area contributed by atoms with E-state index in [4.69, 9.17) is 34.8 Å². The lowest BCUT2D eigenvalue weighted by Gasteiger charge is -2.09. The molecule has 7 heteroatoms. The molecule has 0 saturated heterocycles. The van der Waals surface area contributed by atoms with Crippen LogP contribution in [-0.4, -0.2) is 19.7 Å². The molecule has 0 spiro atoms. The highest BCUT2D eigenvalue weighted by atomic mass is 35.5. The molecule has 2 aromatic heterocycles. The number of aromatic nitrogens is 4. The van der Waals surface area contributed by atoms with Gasteiger partial charge in [0.05, 0.1) is 17.3 Å². The average Bonchev–Trinajstić information content (AvgIpc) is 2.87. The Morgan fingerprint density at radius 3 is 2.24 bits per heavy atom. The van der Waals surface area contributed by atoms with Gasteiger partial charge in [0.25, 0.3) is 0 Å². The summed E-state index contributed by atoms with van der Waals surface area (Å²) >= 11 is 18.7. The molecule has 106 valence electrons. The Morgan fingerprint density at radius 1 is 1.00 bits per heavy atom. The minimum absolute atomic E-state index is 0.252. The topological polar surface area (TPSA) is 43.6 Å². The number of rotatable bonds is 2. The van der Waals surface area contributed by atoms with Crippen LogP contribution in [0.15, 0.2) is 36.7 Å². The van der Waals surface area contributed by atoms with E-state index in [9.17, 15) is 0 Å². The van der Waals surface area contributed by atoms with Crippen molar-refractivity contribution < 1.29 is 0 Å². The van der Waals surface area contributed by atoms with Crippen LogP contribution in [0.4, 0.5) is 0 Å². The minimum Gasteiger partial charge on any atom is -0.275 e. The van der Waals surface area contributed by atoms with E-state index < -0.39 is 0 Å². The molecule has 0 saturated carbocycles. The van der Waals surface area contributed by atoms with E-state index in [1.165, 1.54) is 0 Å². The molecule has 0 amide bonds. The molecule has 1 aromatic carbocycles. The maximum absolute atomic E-state index is 6.28. The Morgan fingerprint density at radius 2 is 1.67 bits per heavy atom. The van der Waals surface area contributed by atoms with Crippen molar-refractivity contribution in [3.05, 3.63) is 52.0 Å². The quantitative estimate of drug-likeness (QED) is 0.645. The molecular weight excluding hydrogens is 331 g/mol. The highest BCUT2D eigenvalue weighted by Crippen LogP contribution is 2.37. The molecule has 0 atom stereocenters. The summed E-state index contributed by atoms with van der Waals surface area (Å²) in [6, 6.07) is 7.27. The van der Waals surface area contributed by atoms with Crippen molar-refractivity contribution in [1.29, 1.82) is 0 Å². The lowest BCUT2D eigenvalue weighted by molar-refractivity contribution is 0.768. The Labute approximate surface area is 136 Å². The van der Waals surface area contributed by atoms with Crippen molar-refractivity contribution in [1.82, 2.24) is 19.7 Å². The summed E-state index contributed by atoms with van der Waals surface area (Å²) in [6.45, 7) is 0. The first-order chi connectivity index (χ1) is 10.1. The van der Waals surface area contributed by atoms with Gasteiger partial charge in [-0.25, -0.2) is 9.97 Å². The van der Waals surface area contributed by atoms with E-state index in [1.807, 2.05) is 25.2 Å². The predicted molar refractivity (Wildman–Crippen MR) is 84.7 cm³/mol. The fourth-order valence-electron chi connectivity index (χ4n) is 1.96. The maximum atomic E-state index is 6.28. The van der Waals surface area contributed by atoms with E-state index in [-0.39, 0.29) is 10.3 Å². The van der Waals surface area contributed by atoms with Crippen molar-refractivity contribution in [2.45, 2.75) is 0 Å². The second-order valence-corrected chi connectivity index (χ2v) is 5.51. The molecular formula is C14H9Cl3N4. The number of hydrogen-bond acceptors (Lipinski definition) is 3. The van der Waals surface area contributed by atoms with Gasteiger partial charge in [0.2, 0.25) is 0 Å². The van der Waals surface area contributed by atoms with Crippen LogP contribution in [0.2, 0.25) is 15.3 Å². The predicted octanol–water partition coefficient (Wildman–Crippen LogP) is 4.50. The van der Waals surface area contributed by atoms with E-state index in [1.54, 1.807) is 23.1 Å². The molecule has 21 heavy (non-hydrogen) atoms. The van der Waals surface area contributed by atoms with Crippen LogP contribution in [0, 0.1) is 0 Å². The van der Waals surface area contributed by atoms with Crippen molar-refractivity contribution >= 4 is 34.8 Å². The lowest BCUT2D eigenvalue weighted by Crippen LogP contribution is -1.94. The zero-order chi connectivity index (χ0) is 15.0. The zero-order valence-electron chi connectivity index (χ0n) is 10.9. The van der Waals surface area contributed by atoms with Gasteiger partial charge in [-0.2, -0.15) is 5.10 Å². The number of benzene rings is 1. The number of hydrogen-bond donors (Lipinski definition) is 0. The molecule has 2 heterocycles. The monoisotopic (exact) mass is 338 g/mol. The standard InChI is InChI=1S/C14H9Cl3N4/c1-21-7-8(6-18-21)14-19-12(16)11(13(17)20-14)9-4-2-3-5-10(9)15/h2-7H,1H3. The van der Waals surface area contributed by atoms with Crippen LogP contribution in [0.1, 0.15) is 0 Å². The summed E-state index contributed by atoms with van der Waals surface area (Å²) in [5, 5.41) is 5.12. The van der Waals surface area contributed by atoms with E-state index in [2.05, 4.69) is 15.1 Å². The van der Waals surface area contributed by atoms with Crippen LogP contribution in [-0.2, 0) is 7.05 Å². The third-order valence-electron chi connectivity index (χ3n) is 2.93. The smallest absolute Gasteiger partial charge is 0.165 e. The first kappa shape index (κ1) is 14.3. The molecule has 0 aliphatic rings. The van der Waals surface area contributed by atoms with Crippen LogP contribution in [0.5, 0.6) is 0 Å². The molecule has 0 radical (unpaired) electrons. The fraction of sp³-hybridized carbons (Fsp3) is 0.0714. The summed E-state index contributed by atoms with van der Waals surface area (Å²) in [5.74, 6) is 0.425. The minimum atomic E-state index is 0.252.